The second-order valence-corrected chi connectivity index (χ2v) is 5.83. The molecule has 2 aliphatic heterocycles. The number of hydrogen-bond donors (Lipinski definition) is 0. The number of fused-ring (bicyclic) bond motifs is 2. The Labute approximate surface area is 108 Å². The summed E-state index contributed by atoms with van der Waals surface area (Å²) in [6, 6.07) is -0.0655. The third-order valence-corrected chi connectivity index (χ3v) is 4.80. The van der Waals surface area contributed by atoms with Crippen molar-refractivity contribution in [2.75, 3.05) is 14.1 Å². The van der Waals surface area contributed by atoms with Crippen LogP contribution in [0.5, 0.6) is 0 Å². The molecule has 1 saturated carbocycles. The number of carbonyl (C=O) groups excluding carboxylic acids is 1. The average Bonchev–Trinajstić information content (AvgIpc) is 2.78. The van der Waals surface area contributed by atoms with Gasteiger partial charge in [-0.25, -0.2) is 0 Å². The summed E-state index contributed by atoms with van der Waals surface area (Å²) in [5.41, 5.74) is 1.02. The van der Waals surface area contributed by atoms with Crippen LogP contribution < -0.4 is 0 Å². The molecule has 5 heteroatoms. The third kappa shape index (κ3) is 1.43. The molecule has 0 radical (unpaired) electrons. The van der Waals surface area contributed by atoms with E-state index in [4.69, 9.17) is 0 Å². The first-order valence-electron chi connectivity index (χ1n) is 6.91. The van der Waals surface area contributed by atoms with E-state index in [2.05, 4.69) is 15.1 Å². The fourth-order valence-electron chi connectivity index (χ4n) is 3.70. The van der Waals surface area contributed by atoms with Crippen LogP contribution in [0, 0.1) is 0 Å². The summed E-state index contributed by atoms with van der Waals surface area (Å²) in [7, 11) is 3.92. The fraction of sp³-hybridized carbons (Fsp3) is 0.846. The zero-order valence-corrected chi connectivity index (χ0v) is 11.5. The maximum atomic E-state index is 12.4. The van der Waals surface area contributed by atoms with Crippen molar-refractivity contribution in [3.63, 3.8) is 0 Å². The second-order valence-electron chi connectivity index (χ2n) is 5.83. The Morgan fingerprint density at radius 2 is 1.89 bits per heavy atom. The molecule has 100 valence electrons. The Morgan fingerprint density at radius 3 is 2.56 bits per heavy atom. The minimum absolute atomic E-state index is 0.0655. The molecule has 0 N–H and O–H groups in total. The Balaban J connectivity index is 2.01. The van der Waals surface area contributed by atoms with E-state index in [1.165, 1.54) is 19.3 Å². The molecule has 1 saturated heterocycles. The van der Waals surface area contributed by atoms with Crippen LogP contribution in [0.1, 0.15) is 45.4 Å². The van der Waals surface area contributed by atoms with Crippen LogP contribution in [-0.2, 0) is 4.79 Å². The zero-order valence-electron chi connectivity index (χ0n) is 11.5. The van der Waals surface area contributed by atoms with E-state index >= 15 is 0 Å². The third-order valence-electron chi connectivity index (χ3n) is 4.80. The molecule has 2 fully saturated rings. The Morgan fingerprint density at radius 1 is 1.22 bits per heavy atom. The SMILES string of the molecule is CC1=NN2C(C1)C(=O)N(C)N(C)C21CCCCC1. The van der Waals surface area contributed by atoms with Gasteiger partial charge in [-0.2, -0.15) is 10.1 Å². The Bertz CT molecular complexity index is 400. The minimum atomic E-state index is -0.0661. The summed E-state index contributed by atoms with van der Waals surface area (Å²) < 4.78 is 0. The van der Waals surface area contributed by atoms with Crippen LogP contribution in [0.3, 0.4) is 0 Å². The highest BCUT2D eigenvalue weighted by molar-refractivity contribution is 5.93. The molecule has 0 aromatic rings. The number of carbonyl (C=O) groups is 1. The minimum Gasteiger partial charge on any atom is -0.275 e. The van der Waals surface area contributed by atoms with Crippen molar-refractivity contribution in [3.05, 3.63) is 0 Å². The van der Waals surface area contributed by atoms with Crippen LogP contribution in [0.2, 0.25) is 0 Å². The standard InChI is InChI=1S/C13H22N4O/c1-10-9-11-12(18)15(2)16(3)13(17(11)14-10)7-5-4-6-8-13/h11H,4-9H2,1-3H3. The van der Waals surface area contributed by atoms with Gasteiger partial charge in [-0.15, -0.1) is 0 Å². The molecule has 1 unspecified atom stereocenters. The lowest BCUT2D eigenvalue weighted by molar-refractivity contribution is -0.220. The van der Waals surface area contributed by atoms with E-state index in [1.807, 2.05) is 21.0 Å². The van der Waals surface area contributed by atoms with Crippen LogP contribution in [0.25, 0.3) is 0 Å². The second kappa shape index (κ2) is 3.95. The predicted octanol–water partition coefficient (Wildman–Crippen LogP) is 1.42. The first kappa shape index (κ1) is 12.0. The fourth-order valence-corrected chi connectivity index (χ4v) is 3.70. The van der Waals surface area contributed by atoms with E-state index in [9.17, 15) is 4.79 Å². The van der Waals surface area contributed by atoms with E-state index in [0.717, 1.165) is 25.0 Å². The van der Waals surface area contributed by atoms with Gasteiger partial charge in [-0.05, 0) is 32.6 Å². The van der Waals surface area contributed by atoms with Gasteiger partial charge in [0.2, 0.25) is 0 Å². The molecule has 2 heterocycles. The molecule has 0 aromatic carbocycles. The molecular weight excluding hydrogens is 228 g/mol. The lowest BCUT2D eigenvalue weighted by atomic mass is 9.86. The smallest absolute Gasteiger partial charge is 0.261 e. The number of rotatable bonds is 0. The summed E-state index contributed by atoms with van der Waals surface area (Å²) >= 11 is 0. The van der Waals surface area contributed by atoms with Gasteiger partial charge in [0, 0.05) is 26.2 Å². The van der Waals surface area contributed by atoms with Crippen LogP contribution in [-0.4, -0.2) is 52.4 Å². The molecule has 0 bridgehead atoms. The van der Waals surface area contributed by atoms with E-state index < -0.39 is 0 Å². The van der Waals surface area contributed by atoms with E-state index in [0.29, 0.717) is 0 Å². The Kier molecular flexibility index (Phi) is 2.62. The van der Waals surface area contributed by atoms with Gasteiger partial charge in [-0.1, -0.05) is 6.42 Å². The highest BCUT2D eigenvalue weighted by Gasteiger charge is 2.54. The van der Waals surface area contributed by atoms with Crippen molar-refractivity contribution >= 4 is 11.6 Å². The highest BCUT2D eigenvalue weighted by Crippen LogP contribution is 2.43. The number of hydrazone groups is 1. The van der Waals surface area contributed by atoms with Crippen molar-refractivity contribution < 1.29 is 4.79 Å². The van der Waals surface area contributed by atoms with Gasteiger partial charge >= 0.3 is 0 Å². The molecule has 5 nitrogen and oxygen atoms in total. The zero-order chi connectivity index (χ0) is 12.9. The summed E-state index contributed by atoms with van der Waals surface area (Å²) in [5.74, 6) is 0.175. The number of hydrazine groups is 1. The lowest BCUT2D eigenvalue weighted by Gasteiger charge is -2.57. The van der Waals surface area contributed by atoms with Gasteiger partial charge in [-0.3, -0.25) is 14.8 Å². The normalized spacial score (nSPS) is 31.8. The van der Waals surface area contributed by atoms with Gasteiger partial charge < -0.3 is 0 Å². The molecular formula is C13H22N4O. The molecule has 3 rings (SSSR count). The van der Waals surface area contributed by atoms with Crippen molar-refractivity contribution in [2.45, 2.75) is 57.2 Å². The molecule has 18 heavy (non-hydrogen) atoms. The monoisotopic (exact) mass is 250 g/mol. The molecule has 1 aliphatic carbocycles. The molecule has 1 atom stereocenters. The molecule has 1 spiro atoms. The van der Waals surface area contributed by atoms with Crippen molar-refractivity contribution in [3.8, 4) is 0 Å². The number of likely N-dealkylation sites (N-methyl/N-ethyl adjacent to an activating group) is 1. The van der Waals surface area contributed by atoms with Crippen molar-refractivity contribution in [1.82, 2.24) is 15.0 Å². The topological polar surface area (TPSA) is 39.2 Å². The first-order chi connectivity index (χ1) is 8.56. The summed E-state index contributed by atoms with van der Waals surface area (Å²) in [6.07, 6.45) is 6.75. The van der Waals surface area contributed by atoms with Gasteiger partial charge in [0.15, 0.2) is 0 Å². The maximum Gasteiger partial charge on any atom is 0.261 e. The highest BCUT2D eigenvalue weighted by atomic mass is 16.2. The predicted molar refractivity (Wildman–Crippen MR) is 69.7 cm³/mol. The Hall–Kier alpha value is -1.10. The quantitative estimate of drug-likeness (QED) is 0.652. The summed E-state index contributed by atoms with van der Waals surface area (Å²) in [6.45, 7) is 2.03. The van der Waals surface area contributed by atoms with Crippen molar-refractivity contribution in [1.29, 1.82) is 0 Å². The van der Waals surface area contributed by atoms with E-state index in [-0.39, 0.29) is 17.6 Å². The van der Waals surface area contributed by atoms with Gasteiger partial charge in [0.25, 0.3) is 5.91 Å². The van der Waals surface area contributed by atoms with E-state index in [1.54, 1.807) is 5.01 Å². The van der Waals surface area contributed by atoms with Crippen LogP contribution in [0.4, 0.5) is 0 Å². The number of amides is 1. The van der Waals surface area contributed by atoms with Crippen molar-refractivity contribution in [2.24, 2.45) is 5.10 Å². The van der Waals surface area contributed by atoms with Crippen LogP contribution in [0.15, 0.2) is 5.10 Å². The maximum absolute atomic E-state index is 12.4. The molecule has 0 aromatic heterocycles. The molecule has 1 amide bonds. The summed E-state index contributed by atoms with van der Waals surface area (Å²) in [5, 5.41) is 10.7. The van der Waals surface area contributed by atoms with Crippen LogP contribution >= 0.6 is 0 Å². The lowest BCUT2D eigenvalue weighted by Crippen LogP contribution is -2.72. The number of hydrogen-bond acceptors (Lipinski definition) is 4. The largest absolute Gasteiger partial charge is 0.275 e. The van der Waals surface area contributed by atoms with Gasteiger partial charge in [0.05, 0.1) is 0 Å². The van der Waals surface area contributed by atoms with Gasteiger partial charge in [0.1, 0.15) is 11.7 Å². The average molecular weight is 250 g/mol. The first-order valence-corrected chi connectivity index (χ1v) is 6.91. The summed E-state index contributed by atoms with van der Waals surface area (Å²) in [4.78, 5) is 12.4. The number of nitrogens with zero attached hydrogens (tertiary/aromatic N) is 4. The molecule has 3 aliphatic rings.